The molecule has 3 rings (SSSR count). The number of carboxylic acids is 1. The van der Waals surface area contributed by atoms with Gasteiger partial charge in [-0.25, -0.2) is 4.79 Å². The highest BCUT2D eigenvalue weighted by Gasteiger charge is 2.41. The Morgan fingerprint density at radius 2 is 1.88 bits per heavy atom. The summed E-state index contributed by atoms with van der Waals surface area (Å²) in [4.78, 5) is 11.3. The summed E-state index contributed by atoms with van der Waals surface area (Å²) in [6.07, 6.45) is -4.81. The largest absolute Gasteiger partial charge is 0.478 e. The topological polar surface area (TPSA) is 55.1 Å². The van der Waals surface area contributed by atoms with Crippen LogP contribution in [0.25, 0.3) is 10.8 Å². The minimum absolute atomic E-state index is 0.0204. The summed E-state index contributed by atoms with van der Waals surface area (Å²) in [5.74, 6) is -1.30. The number of carboxylic acid groups (broad SMARTS) is 1. The number of hydrogen-bond acceptors (Lipinski definition) is 3. The Balaban J connectivity index is 1.92. The van der Waals surface area contributed by atoms with E-state index in [0.29, 0.717) is 5.75 Å². The maximum absolute atomic E-state index is 13.0. The molecule has 25 heavy (non-hydrogen) atoms. The van der Waals surface area contributed by atoms with E-state index in [0.717, 1.165) is 32.8 Å². The van der Waals surface area contributed by atoms with Crippen LogP contribution in [0.1, 0.15) is 21.6 Å². The Bertz CT molecular complexity index is 951. The van der Waals surface area contributed by atoms with Crippen LogP contribution in [0.5, 0.6) is 0 Å². The molecule has 4 nitrogen and oxygen atoms in total. The fourth-order valence-corrected chi connectivity index (χ4v) is 3.58. The fraction of sp³-hybridized carbons (Fsp3) is 0.176. The first-order chi connectivity index (χ1) is 11.8. The van der Waals surface area contributed by atoms with Crippen molar-refractivity contribution in [1.82, 2.24) is 9.78 Å². The quantitative estimate of drug-likeness (QED) is 0.687. The third-order valence-electron chi connectivity index (χ3n) is 3.67. The van der Waals surface area contributed by atoms with Crippen molar-refractivity contribution in [3.05, 3.63) is 59.3 Å². The van der Waals surface area contributed by atoms with Crippen LogP contribution in [0, 0.1) is 0 Å². The molecule has 0 aliphatic rings. The molecule has 0 amide bonds. The molecule has 0 radical (unpaired) electrons. The summed E-state index contributed by atoms with van der Waals surface area (Å²) in [5, 5.41) is 14.6. The molecular weight excluding hydrogens is 353 g/mol. The van der Waals surface area contributed by atoms with Crippen molar-refractivity contribution in [2.45, 2.75) is 17.0 Å². The normalized spacial score (nSPS) is 11.8. The van der Waals surface area contributed by atoms with Crippen molar-refractivity contribution >= 4 is 28.5 Å². The molecule has 0 saturated carbocycles. The van der Waals surface area contributed by atoms with Crippen molar-refractivity contribution in [2.75, 3.05) is 0 Å². The number of aromatic nitrogens is 2. The molecule has 0 unspecified atom stereocenters. The SMILES string of the molecule is Cn1nc(C(F)(F)F)c(C(=O)O)c1SCc1ccc2ccccc2c1. The van der Waals surface area contributed by atoms with Crippen molar-refractivity contribution in [2.24, 2.45) is 7.05 Å². The Kier molecular flexibility index (Phi) is 4.47. The summed E-state index contributed by atoms with van der Waals surface area (Å²) in [7, 11) is 1.31. The lowest BCUT2D eigenvalue weighted by molar-refractivity contribution is -0.141. The number of nitrogens with zero attached hydrogens (tertiary/aromatic N) is 2. The summed E-state index contributed by atoms with van der Waals surface area (Å²) in [6, 6.07) is 13.5. The monoisotopic (exact) mass is 366 g/mol. The van der Waals surface area contributed by atoms with Gasteiger partial charge in [0.1, 0.15) is 10.6 Å². The molecule has 1 aromatic heterocycles. The van der Waals surface area contributed by atoms with Gasteiger partial charge in [-0.1, -0.05) is 42.5 Å². The number of rotatable bonds is 4. The van der Waals surface area contributed by atoms with E-state index >= 15 is 0 Å². The number of carbonyl (C=O) groups is 1. The first-order valence-electron chi connectivity index (χ1n) is 7.25. The second-order valence-corrected chi connectivity index (χ2v) is 6.39. The lowest BCUT2D eigenvalue weighted by Crippen LogP contribution is -2.12. The van der Waals surface area contributed by atoms with E-state index < -0.39 is 23.4 Å². The standard InChI is InChI=1S/C17H13F3N2O2S/c1-22-15(13(16(23)24)14(21-22)17(18,19)20)25-9-10-6-7-11-4-2-3-5-12(11)8-10/h2-8H,9H2,1H3,(H,23,24). The Morgan fingerprint density at radius 1 is 1.20 bits per heavy atom. The molecule has 3 aromatic rings. The average molecular weight is 366 g/mol. The van der Waals surface area contributed by atoms with Crippen LogP contribution in [0.15, 0.2) is 47.5 Å². The molecule has 0 bridgehead atoms. The number of fused-ring (bicyclic) bond motifs is 1. The third-order valence-corrected chi connectivity index (χ3v) is 4.89. The van der Waals surface area contributed by atoms with Gasteiger partial charge in [-0.15, -0.1) is 11.8 Å². The van der Waals surface area contributed by atoms with Crippen molar-refractivity contribution < 1.29 is 23.1 Å². The summed E-state index contributed by atoms with van der Waals surface area (Å²) in [6.45, 7) is 0. The number of benzene rings is 2. The number of halogens is 3. The van der Waals surface area contributed by atoms with E-state index in [-0.39, 0.29) is 5.03 Å². The molecule has 0 aliphatic carbocycles. The van der Waals surface area contributed by atoms with E-state index in [1.807, 2.05) is 42.5 Å². The van der Waals surface area contributed by atoms with Crippen LogP contribution in [0.4, 0.5) is 13.2 Å². The van der Waals surface area contributed by atoms with Gasteiger partial charge in [-0.3, -0.25) is 4.68 Å². The van der Waals surface area contributed by atoms with Crippen LogP contribution in [-0.4, -0.2) is 20.9 Å². The molecule has 0 atom stereocenters. The van der Waals surface area contributed by atoms with Gasteiger partial charge in [0.25, 0.3) is 0 Å². The van der Waals surface area contributed by atoms with E-state index in [1.54, 1.807) is 0 Å². The number of alkyl halides is 3. The zero-order chi connectivity index (χ0) is 18.2. The summed E-state index contributed by atoms with van der Waals surface area (Å²) < 4.78 is 39.9. The van der Waals surface area contributed by atoms with Crippen LogP contribution in [-0.2, 0) is 19.0 Å². The fourth-order valence-electron chi connectivity index (χ4n) is 2.55. The molecule has 0 fully saturated rings. The predicted octanol–water partition coefficient (Wildman–Crippen LogP) is 4.58. The van der Waals surface area contributed by atoms with Crippen LogP contribution in [0.2, 0.25) is 0 Å². The van der Waals surface area contributed by atoms with Gasteiger partial charge in [-0.05, 0) is 16.3 Å². The zero-order valence-corrected chi connectivity index (χ0v) is 13.9. The Labute approximate surface area is 145 Å². The van der Waals surface area contributed by atoms with Crippen molar-refractivity contribution in [1.29, 1.82) is 0 Å². The van der Waals surface area contributed by atoms with Crippen LogP contribution in [0.3, 0.4) is 0 Å². The maximum atomic E-state index is 13.0. The van der Waals surface area contributed by atoms with Gasteiger partial charge >= 0.3 is 12.1 Å². The van der Waals surface area contributed by atoms with Crippen molar-refractivity contribution in [3.63, 3.8) is 0 Å². The van der Waals surface area contributed by atoms with Gasteiger partial charge in [0, 0.05) is 12.8 Å². The van der Waals surface area contributed by atoms with Gasteiger partial charge in [-0.2, -0.15) is 18.3 Å². The smallest absolute Gasteiger partial charge is 0.436 e. The van der Waals surface area contributed by atoms with E-state index in [4.69, 9.17) is 0 Å². The lowest BCUT2D eigenvalue weighted by atomic mass is 10.1. The van der Waals surface area contributed by atoms with Crippen molar-refractivity contribution in [3.8, 4) is 0 Å². The number of aryl methyl sites for hydroxylation is 1. The van der Waals surface area contributed by atoms with Crippen LogP contribution >= 0.6 is 11.8 Å². The summed E-state index contributed by atoms with van der Waals surface area (Å²) in [5.41, 5.74) is -1.29. The third kappa shape index (κ3) is 3.48. The lowest BCUT2D eigenvalue weighted by Gasteiger charge is -2.06. The second kappa shape index (κ2) is 6.44. The predicted molar refractivity (Wildman–Crippen MR) is 88.7 cm³/mol. The van der Waals surface area contributed by atoms with E-state index in [9.17, 15) is 23.1 Å². The van der Waals surface area contributed by atoms with Gasteiger partial charge in [0.05, 0.1) is 0 Å². The first-order valence-corrected chi connectivity index (χ1v) is 8.24. The maximum Gasteiger partial charge on any atom is 0.436 e. The molecular formula is C17H13F3N2O2S. The number of hydrogen-bond donors (Lipinski definition) is 1. The Hall–Kier alpha value is -2.48. The molecule has 0 saturated heterocycles. The molecule has 0 aliphatic heterocycles. The molecule has 8 heteroatoms. The second-order valence-electron chi connectivity index (χ2n) is 5.43. The first kappa shape index (κ1) is 17.3. The Morgan fingerprint density at radius 3 is 2.52 bits per heavy atom. The van der Waals surface area contributed by atoms with E-state index in [1.165, 1.54) is 7.05 Å². The van der Waals surface area contributed by atoms with E-state index in [2.05, 4.69) is 5.10 Å². The minimum atomic E-state index is -4.81. The summed E-state index contributed by atoms with van der Waals surface area (Å²) >= 11 is 1.02. The number of thioether (sulfide) groups is 1. The van der Waals surface area contributed by atoms with Gasteiger partial charge in [0.2, 0.25) is 0 Å². The molecule has 1 heterocycles. The number of aromatic carboxylic acids is 1. The molecule has 2 aromatic carbocycles. The molecule has 130 valence electrons. The van der Waals surface area contributed by atoms with Gasteiger partial charge in [0.15, 0.2) is 5.69 Å². The van der Waals surface area contributed by atoms with Gasteiger partial charge < -0.3 is 5.11 Å². The minimum Gasteiger partial charge on any atom is -0.478 e. The molecule has 0 spiro atoms. The molecule has 1 N–H and O–H groups in total. The average Bonchev–Trinajstić information content (AvgIpc) is 2.90. The van der Waals surface area contributed by atoms with Crippen LogP contribution < -0.4 is 0 Å². The zero-order valence-electron chi connectivity index (χ0n) is 13.0. The highest BCUT2D eigenvalue weighted by atomic mass is 32.2. The highest BCUT2D eigenvalue weighted by molar-refractivity contribution is 7.98. The highest BCUT2D eigenvalue weighted by Crippen LogP contribution is 2.37.